The molecule has 3 nitrogen and oxygen atoms in total. The van der Waals surface area contributed by atoms with Crippen molar-refractivity contribution in [1.29, 1.82) is 0 Å². The molecule has 2 rings (SSSR count). The van der Waals surface area contributed by atoms with Gasteiger partial charge in [-0.2, -0.15) is 0 Å². The van der Waals surface area contributed by atoms with Gasteiger partial charge in [-0.05, 0) is 19.4 Å². The molecule has 2 heterocycles. The van der Waals surface area contributed by atoms with Crippen LogP contribution in [0.4, 0.5) is 5.69 Å². The lowest BCUT2D eigenvalue weighted by molar-refractivity contribution is 0.840. The van der Waals surface area contributed by atoms with Crippen LogP contribution in [0.2, 0.25) is 0 Å². The second-order valence-corrected chi connectivity index (χ2v) is 3.62. The molecule has 0 radical (unpaired) electrons. The maximum absolute atomic E-state index is 5.91. The predicted octanol–water partition coefficient (Wildman–Crippen LogP) is 1.87. The van der Waals surface area contributed by atoms with Crippen molar-refractivity contribution >= 4 is 16.6 Å². The number of anilines is 1. The number of nitrogens with two attached hydrogens (primary N) is 1. The van der Waals surface area contributed by atoms with Gasteiger partial charge >= 0.3 is 0 Å². The minimum atomic E-state index is 0.557. The van der Waals surface area contributed by atoms with Crippen molar-refractivity contribution in [3.63, 3.8) is 0 Å². The number of rotatable bonds is 1. The maximum Gasteiger partial charge on any atom is 0.0838 e. The molecule has 0 spiro atoms. The third-order valence-corrected chi connectivity index (χ3v) is 2.82. The number of nitrogens with zero attached hydrogens (tertiary/aromatic N) is 2. The average molecular weight is 199 g/mol. The van der Waals surface area contributed by atoms with Crippen LogP contribution in [0.15, 0.2) is 12.4 Å². The number of hydrogen-bond donors (Lipinski definition) is 1. The molecule has 0 fully saturated rings. The topological polar surface area (TPSA) is 43.8 Å². The van der Waals surface area contributed by atoms with Gasteiger partial charge in [0.05, 0.1) is 30.1 Å². The molecular formula is C12H13N3. The number of hydrogen-bond acceptors (Lipinski definition) is 2. The largest absolute Gasteiger partial charge is 0.397 e. The Morgan fingerprint density at radius 3 is 2.87 bits per heavy atom. The summed E-state index contributed by atoms with van der Waals surface area (Å²) in [7, 11) is 0. The molecular weight excluding hydrogens is 186 g/mol. The quantitative estimate of drug-likeness (QED) is 0.712. The van der Waals surface area contributed by atoms with E-state index >= 15 is 0 Å². The van der Waals surface area contributed by atoms with Crippen molar-refractivity contribution < 1.29 is 0 Å². The van der Waals surface area contributed by atoms with Gasteiger partial charge in [-0.1, -0.05) is 5.92 Å². The van der Waals surface area contributed by atoms with Crippen molar-refractivity contribution in [2.75, 3.05) is 5.73 Å². The molecule has 0 aliphatic heterocycles. The van der Waals surface area contributed by atoms with Gasteiger partial charge in [0.2, 0.25) is 0 Å². The van der Waals surface area contributed by atoms with E-state index in [1.165, 1.54) is 5.56 Å². The average Bonchev–Trinajstić information content (AvgIpc) is 2.45. The van der Waals surface area contributed by atoms with Gasteiger partial charge in [0.25, 0.3) is 0 Å². The van der Waals surface area contributed by atoms with Crippen LogP contribution in [-0.2, 0) is 6.54 Å². The first-order chi connectivity index (χ1) is 7.16. The monoisotopic (exact) mass is 199 g/mol. The van der Waals surface area contributed by atoms with Gasteiger partial charge in [-0.15, -0.1) is 6.42 Å². The lowest BCUT2D eigenvalue weighted by Crippen LogP contribution is -1.98. The standard InChI is InChI=1S/C12H13N3/c1-4-5-15-9(3)8(2)12-10(13)6-14-7-11(12)15/h1,6-7H,5,13H2,2-3H3. The number of nitrogen functional groups attached to an aromatic ring is 1. The molecule has 0 aliphatic rings. The van der Waals surface area contributed by atoms with Crippen molar-refractivity contribution in [2.24, 2.45) is 0 Å². The minimum absolute atomic E-state index is 0.557. The highest BCUT2D eigenvalue weighted by Crippen LogP contribution is 2.28. The third kappa shape index (κ3) is 1.26. The normalized spacial score (nSPS) is 10.5. The Morgan fingerprint density at radius 2 is 2.20 bits per heavy atom. The third-order valence-electron chi connectivity index (χ3n) is 2.82. The lowest BCUT2D eigenvalue weighted by atomic mass is 10.2. The number of pyridine rings is 1. The zero-order chi connectivity index (χ0) is 11.0. The summed E-state index contributed by atoms with van der Waals surface area (Å²) in [5.74, 6) is 2.64. The van der Waals surface area contributed by atoms with Crippen molar-refractivity contribution in [2.45, 2.75) is 20.4 Å². The molecule has 0 amide bonds. The lowest BCUT2D eigenvalue weighted by Gasteiger charge is -2.02. The second-order valence-electron chi connectivity index (χ2n) is 3.62. The van der Waals surface area contributed by atoms with Crippen LogP contribution < -0.4 is 5.73 Å². The van der Waals surface area contributed by atoms with E-state index in [2.05, 4.69) is 22.4 Å². The summed E-state index contributed by atoms with van der Waals surface area (Å²) >= 11 is 0. The minimum Gasteiger partial charge on any atom is -0.397 e. The smallest absolute Gasteiger partial charge is 0.0838 e. The van der Waals surface area contributed by atoms with Gasteiger partial charge in [-0.25, -0.2) is 0 Å². The van der Waals surface area contributed by atoms with Crippen LogP contribution in [0.5, 0.6) is 0 Å². The summed E-state index contributed by atoms with van der Waals surface area (Å²) in [5, 5.41) is 1.07. The zero-order valence-electron chi connectivity index (χ0n) is 8.91. The van der Waals surface area contributed by atoms with Crippen molar-refractivity contribution in [1.82, 2.24) is 9.55 Å². The van der Waals surface area contributed by atoms with Crippen LogP contribution in [0.3, 0.4) is 0 Å². The summed E-state index contributed by atoms with van der Waals surface area (Å²) < 4.78 is 2.06. The second kappa shape index (κ2) is 3.32. The first-order valence-electron chi connectivity index (χ1n) is 4.79. The Kier molecular flexibility index (Phi) is 2.12. The Balaban J connectivity index is 2.88. The molecule has 76 valence electrons. The molecule has 0 bridgehead atoms. The van der Waals surface area contributed by atoms with E-state index in [9.17, 15) is 0 Å². The zero-order valence-corrected chi connectivity index (χ0v) is 8.91. The van der Waals surface area contributed by atoms with Gasteiger partial charge in [0.1, 0.15) is 0 Å². The van der Waals surface area contributed by atoms with E-state index in [0.29, 0.717) is 12.2 Å². The first-order valence-corrected chi connectivity index (χ1v) is 4.79. The number of aromatic nitrogens is 2. The Morgan fingerprint density at radius 1 is 1.47 bits per heavy atom. The summed E-state index contributed by atoms with van der Waals surface area (Å²) in [5.41, 5.74) is 9.97. The Hall–Kier alpha value is -1.95. The summed E-state index contributed by atoms with van der Waals surface area (Å²) in [6.45, 7) is 4.66. The van der Waals surface area contributed by atoms with E-state index in [0.717, 1.165) is 16.6 Å². The fourth-order valence-electron chi connectivity index (χ4n) is 1.94. The summed E-state index contributed by atoms with van der Waals surface area (Å²) in [6.07, 6.45) is 8.83. The highest BCUT2D eigenvalue weighted by molar-refractivity contribution is 5.94. The molecule has 2 N–H and O–H groups in total. The Bertz CT molecular complexity index is 558. The molecule has 0 saturated heterocycles. The molecule has 0 unspecified atom stereocenters. The molecule has 2 aromatic heterocycles. The van der Waals surface area contributed by atoms with E-state index in [1.807, 2.05) is 13.1 Å². The summed E-state index contributed by atoms with van der Waals surface area (Å²) in [4.78, 5) is 4.10. The van der Waals surface area contributed by atoms with Crippen LogP contribution in [0.25, 0.3) is 10.9 Å². The molecule has 15 heavy (non-hydrogen) atoms. The summed E-state index contributed by atoms with van der Waals surface area (Å²) in [6, 6.07) is 0. The van der Waals surface area contributed by atoms with E-state index in [4.69, 9.17) is 12.2 Å². The molecule has 0 aromatic carbocycles. The van der Waals surface area contributed by atoms with Crippen LogP contribution in [-0.4, -0.2) is 9.55 Å². The number of fused-ring (bicyclic) bond motifs is 1. The van der Waals surface area contributed by atoms with Gasteiger partial charge in [0, 0.05) is 11.1 Å². The van der Waals surface area contributed by atoms with E-state index < -0.39 is 0 Å². The Labute approximate surface area is 88.9 Å². The van der Waals surface area contributed by atoms with Gasteiger partial charge < -0.3 is 10.3 Å². The first kappa shape index (κ1) is 9.60. The van der Waals surface area contributed by atoms with E-state index in [-0.39, 0.29) is 0 Å². The van der Waals surface area contributed by atoms with Crippen molar-refractivity contribution in [3.8, 4) is 12.3 Å². The predicted molar refractivity (Wildman–Crippen MR) is 62.5 cm³/mol. The molecule has 3 heteroatoms. The molecule has 0 saturated carbocycles. The van der Waals surface area contributed by atoms with E-state index in [1.54, 1.807) is 6.20 Å². The van der Waals surface area contributed by atoms with Crippen LogP contribution in [0.1, 0.15) is 11.3 Å². The fourth-order valence-corrected chi connectivity index (χ4v) is 1.94. The fraction of sp³-hybridized carbons (Fsp3) is 0.250. The SMILES string of the molecule is C#CCn1c(C)c(C)c2c(N)cncc21. The van der Waals surface area contributed by atoms with Crippen LogP contribution >= 0.6 is 0 Å². The van der Waals surface area contributed by atoms with Crippen molar-refractivity contribution in [3.05, 3.63) is 23.7 Å². The number of aryl methyl sites for hydroxylation is 1. The van der Waals surface area contributed by atoms with Gasteiger partial charge in [0.15, 0.2) is 0 Å². The highest BCUT2D eigenvalue weighted by Gasteiger charge is 2.12. The number of terminal acetylenes is 1. The maximum atomic E-state index is 5.91. The highest BCUT2D eigenvalue weighted by atomic mass is 15.0. The van der Waals surface area contributed by atoms with Crippen LogP contribution in [0, 0.1) is 26.2 Å². The molecule has 0 atom stereocenters. The molecule has 0 aliphatic carbocycles. The van der Waals surface area contributed by atoms with Gasteiger partial charge in [-0.3, -0.25) is 4.98 Å². The molecule has 2 aromatic rings.